The minimum atomic E-state index is -3.76. The van der Waals surface area contributed by atoms with E-state index in [1.54, 1.807) is 0 Å². The van der Waals surface area contributed by atoms with Crippen molar-refractivity contribution in [1.82, 2.24) is 0 Å². The van der Waals surface area contributed by atoms with Gasteiger partial charge < -0.3 is 24.1 Å². The molecule has 0 amide bonds. The van der Waals surface area contributed by atoms with Crippen LogP contribution in [-0.4, -0.2) is 18.9 Å². The summed E-state index contributed by atoms with van der Waals surface area (Å²) in [5, 5.41) is 11.1. The molecule has 1 atom stereocenters. The second-order valence-corrected chi connectivity index (χ2v) is 4.35. The van der Waals surface area contributed by atoms with Gasteiger partial charge in [0.05, 0.1) is 11.4 Å². The van der Waals surface area contributed by atoms with Crippen LogP contribution in [-0.2, 0) is 10.2 Å². The summed E-state index contributed by atoms with van der Waals surface area (Å²) in [5.41, 5.74) is -1.14. The first-order valence-corrected chi connectivity index (χ1v) is 5.11. The third-order valence-electron chi connectivity index (χ3n) is 3.08. The highest BCUT2D eigenvalue weighted by molar-refractivity contribution is 5.83. The van der Waals surface area contributed by atoms with Gasteiger partial charge in [0.15, 0.2) is 11.5 Å². The Kier molecular flexibility index (Phi) is 1.87. The molecule has 3 rings (SSSR count). The molecule has 0 aromatic heterocycles. The zero-order valence-electron chi connectivity index (χ0n) is 9.16. The molecule has 1 aromatic rings. The van der Waals surface area contributed by atoms with Gasteiger partial charge >= 0.3 is 6.29 Å². The summed E-state index contributed by atoms with van der Waals surface area (Å²) in [4.78, 5) is 11.1. The second kappa shape index (κ2) is 3.04. The van der Waals surface area contributed by atoms with Crippen LogP contribution in [0.4, 0.5) is 8.78 Å². The highest BCUT2D eigenvalue weighted by atomic mass is 19.3. The lowest BCUT2D eigenvalue weighted by molar-refractivity contribution is -0.313. The molecule has 96 valence electrons. The number of fused-ring (bicyclic) bond motifs is 3. The van der Waals surface area contributed by atoms with Gasteiger partial charge in [0.1, 0.15) is 6.61 Å². The Morgan fingerprint density at radius 2 is 2.06 bits per heavy atom. The van der Waals surface area contributed by atoms with Gasteiger partial charge in [-0.1, -0.05) is 6.07 Å². The average molecular weight is 257 g/mol. The minimum absolute atomic E-state index is 0.0311. The molecule has 7 heteroatoms. The van der Waals surface area contributed by atoms with Crippen LogP contribution in [0, 0.1) is 0 Å². The van der Waals surface area contributed by atoms with Crippen LogP contribution in [0.25, 0.3) is 0 Å². The van der Waals surface area contributed by atoms with Crippen LogP contribution >= 0.6 is 0 Å². The van der Waals surface area contributed by atoms with Crippen LogP contribution < -0.4 is 19.3 Å². The molecule has 0 saturated carbocycles. The molecule has 5 nitrogen and oxygen atoms in total. The molecular weight excluding hydrogens is 250 g/mol. The lowest BCUT2D eigenvalue weighted by Crippen LogP contribution is -2.44. The zero-order valence-corrected chi connectivity index (χ0v) is 9.16. The van der Waals surface area contributed by atoms with Crippen LogP contribution in [0.5, 0.6) is 17.2 Å². The van der Waals surface area contributed by atoms with Gasteiger partial charge in [-0.25, -0.2) is 0 Å². The molecule has 2 aliphatic rings. The number of carboxylic acid groups (broad SMARTS) is 1. The van der Waals surface area contributed by atoms with Crippen LogP contribution in [0.15, 0.2) is 12.1 Å². The number of halogens is 2. The molecule has 18 heavy (non-hydrogen) atoms. The van der Waals surface area contributed by atoms with Crippen molar-refractivity contribution in [3.05, 3.63) is 17.7 Å². The Labute approximate surface area is 99.9 Å². The van der Waals surface area contributed by atoms with Crippen molar-refractivity contribution in [2.45, 2.75) is 18.6 Å². The van der Waals surface area contributed by atoms with Gasteiger partial charge in [-0.15, -0.1) is 8.78 Å². The van der Waals surface area contributed by atoms with Crippen molar-refractivity contribution in [3.8, 4) is 17.2 Å². The topological polar surface area (TPSA) is 67.8 Å². The molecule has 0 aliphatic carbocycles. The quantitative estimate of drug-likeness (QED) is 0.728. The van der Waals surface area contributed by atoms with Gasteiger partial charge in [0, 0.05) is 5.56 Å². The number of ether oxygens (including phenoxy) is 3. The number of carbonyl (C=O) groups is 1. The summed E-state index contributed by atoms with van der Waals surface area (Å²) >= 11 is 0. The molecule has 1 aromatic carbocycles. The van der Waals surface area contributed by atoms with Crippen molar-refractivity contribution in [1.29, 1.82) is 0 Å². The lowest BCUT2D eigenvalue weighted by Gasteiger charge is -2.23. The first-order valence-electron chi connectivity index (χ1n) is 5.11. The normalized spacial score (nSPS) is 26.6. The van der Waals surface area contributed by atoms with Crippen LogP contribution in [0.1, 0.15) is 12.5 Å². The SMILES string of the molecule is CC1(C(=O)[O-])COc2c1ccc1c2OC(F)(F)O1. The van der Waals surface area contributed by atoms with Crippen molar-refractivity contribution in [2.24, 2.45) is 0 Å². The number of alkyl halides is 2. The maximum Gasteiger partial charge on any atom is 0.586 e. The number of rotatable bonds is 1. The largest absolute Gasteiger partial charge is 0.586 e. The molecule has 0 N–H and O–H groups in total. The van der Waals surface area contributed by atoms with Gasteiger partial charge in [-0.05, 0) is 13.0 Å². The number of benzene rings is 1. The molecule has 0 saturated heterocycles. The van der Waals surface area contributed by atoms with E-state index in [0.29, 0.717) is 0 Å². The average Bonchev–Trinajstić information content (AvgIpc) is 2.75. The fourth-order valence-corrected chi connectivity index (χ4v) is 2.03. The maximum absolute atomic E-state index is 12.9. The van der Waals surface area contributed by atoms with E-state index in [9.17, 15) is 18.7 Å². The maximum atomic E-state index is 12.9. The van der Waals surface area contributed by atoms with Gasteiger partial charge in [-0.3, -0.25) is 0 Å². The molecule has 0 radical (unpaired) electrons. The van der Waals surface area contributed by atoms with Crippen molar-refractivity contribution < 1.29 is 32.9 Å². The Balaban J connectivity index is 2.14. The fourth-order valence-electron chi connectivity index (χ4n) is 2.03. The highest BCUT2D eigenvalue weighted by Crippen LogP contribution is 2.53. The van der Waals surface area contributed by atoms with E-state index >= 15 is 0 Å². The summed E-state index contributed by atoms with van der Waals surface area (Å²) < 4.78 is 39.6. The van der Waals surface area contributed by atoms with Crippen LogP contribution in [0.3, 0.4) is 0 Å². The molecule has 2 heterocycles. The number of carboxylic acids is 1. The van der Waals surface area contributed by atoms with Crippen molar-refractivity contribution in [3.63, 3.8) is 0 Å². The lowest BCUT2D eigenvalue weighted by atomic mass is 9.84. The van der Waals surface area contributed by atoms with E-state index in [1.165, 1.54) is 19.1 Å². The Bertz CT molecular complexity index is 557. The predicted octanol–water partition coefficient (Wildman–Crippen LogP) is 0.408. The molecule has 0 spiro atoms. The highest BCUT2D eigenvalue weighted by Gasteiger charge is 2.49. The first-order chi connectivity index (χ1) is 8.33. The summed E-state index contributed by atoms with van der Waals surface area (Å²) in [6, 6.07) is 2.59. The van der Waals surface area contributed by atoms with E-state index in [2.05, 4.69) is 9.47 Å². The van der Waals surface area contributed by atoms with Gasteiger partial charge in [0.25, 0.3) is 0 Å². The van der Waals surface area contributed by atoms with Gasteiger partial charge in [-0.2, -0.15) is 0 Å². The molecule has 1 unspecified atom stereocenters. The van der Waals surface area contributed by atoms with Crippen LogP contribution in [0.2, 0.25) is 0 Å². The van der Waals surface area contributed by atoms with Gasteiger partial charge in [0.2, 0.25) is 5.75 Å². The number of hydrogen-bond donors (Lipinski definition) is 0. The van der Waals surface area contributed by atoms with E-state index in [4.69, 9.17) is 4.74 Å². The number of aliphatic carboxylic acids is 1. The predicted molar refractivity (Wildman–Crippen MR) is 50.5 cm³/mol. The molecule has 0 fully saturated rings. The van der Waals surface area contributed by atoms with E-state index in [0.717, 1.165) is 0 Å². The van der Waals surface area contributed by atoms with E-state index < -0.39 is 17.7 Å². The fraction of sp³-hybridized carbons (Fsp3) is 0.364. The minimum Gasteiger partial charge on any atom is -0.549 e. The number of hydrogen-bond acceptors (Lipinski definition) is 5. The smallest absolute Gasteiger partial charge is 0.549 e. The molecule has 2 aliphatic heterocycles. The summed E-state index contributed by atoms with van der Waals surface area (Å²) in [6.07, 6.45) is -3.76. The molecular formula is C11H7F2O5-. The van der Waals surface area contributed by atoms with E-state index in [1.807, 2.05) is 0 Å². The monoisotopic (exact) mass is 257 g/mol. The third-order valence-corrected chi connectivity index (χ3v) is 3.08. The van der Waals surface area contributed by atoms with Crippen molar-refractivity contribution in [2.75, 3.05) is 6.61 Å². The third kappa shape index (κ3) is 1.27. The van der Waals surface area contributed by atoms with Crippen molar-refractivity contribution >= 4 is 5.97 Å². The Morgan fingerprint density at radius 1 is 1.33 bits per heavy atom. The number of carbonyl (C=O) groups excluding carboxylic acids is 1. The molecule has 0 bridgehead atoms. The second-order valence-electron chi connectivity index (χ2n) is 4.35. The standard InChI is InChI=1S/C11H8F2O5/c1-10(9(14)15)4-16-7-5(10)2-3-6-8(7)18-11(12,13)17-6/h2-3H,4H2,1H3,(H,14,15)/p-1. The van der Waals surface area contributed by atoms with E-state index in [-0.39, 0.29) is 29.4 Å². The zero-order chi connectivity index (χ0) is 13.1. The summed E-state index contributed by atoms with van der Waals surface area (Å²) in [7, 11) is 0. The first kappa shape index (κ1) is 11.1. The summed E-state index contributed by atoms with van der Waals surface area (Å²) in [6.45, 7) is 1.20. The Morgan fingerprint density at radius 3 is 2.72 bits per heavy atom. The Hall–Kier alpha value is -2.05. The summed E-state index contributed by atoms with van der Waals surface area (Å²) in [5.74, 6) is -1.83.